The van der Waals surface area contributed by atoms with Crippen molar-refractivity contribution in [3.05, 3.63) is 30.2 Å². The van der Waals surface area contributed by atoms with Gasteiger partial charge in [-0.15, -0.1) is 0 Å². The predicted molar refractivity (Wildman–Crippen MR) is 117 cm³/mol. The van der Waals surface area contributed by atoms with E-state index in [0.29, 0.717) is 64.5 Å². The fraction of sp³-hybridized carbons (Fsp3) is 0.435. The van der Waals surface area contributed by atoms with Crippen LogP contribution in [0.3, 0.4) is 0 Å². The summed E-state index contributed by atoms with van der Waals surface area (Å²) in [5.41, 5.74) is 3.09. The van der Waals surface area contributed by atoms with Gasteiger partial charge >= 0.3 is 0 Å². The topological polar surface area (TPSA) is 110 Å². The molecule has 1 aliphatic carbocycles. The number of aromatic nitrogens is 3. The van der Waals surface area contributed by atoms with Crippen LogP contribution in [0.1, 0.15) is 29.6 Å². The van der Waals surface area contributed by atoms with Crippen molar-refractivity contribution in [2.24, 2.45) is 11.8 Å². The van der Waals surface area contributed by atoms with Gasteiger partial charge < -0.3 is 29.8 Å². The summed E-state index contributed by atoms with van der Waals surface area (Å²) >= 11 is 0. The third-order valence-electron chi connectivity index (χ3n) is 6.33. The molecule has 2 aliphatic heterocycles. The van der Waals surface area contributed by atoms with Crippen molar-refractivity contribution in [2.45, 2.75) is 19.3 Å². The molecular formula is C23H25N5O4. The largest absolute Gasteiger partial charge is 0.492 e. The van der Waals surface area contributed by atoms with Crippen LogP contribution >= 0.6 is 0 Å². The standard InChI is InChI=1S/C23H25N5O4/c29-23(26-8-14-5-6-24-7-14)15-9-25-21-19(15)27-11-28-20(21)18-16(30-10-13-1-2-13)3-4-17-22(18)32-12-31-17/h3-4,9,11,13-14,24-25H,1-2,5-8,10,12H2,(H,26,29). The summed E-state index contributed by atoms with van der Waals surface area (Å²) in [5.74, 6) is 2.87. The molecule has 166 valence electrons. The minimum absolute atomic E-state index is 0.143. The highest BCUT2D eigenvalue weighted by molar-refractivity contribution is 6.08. The first kappa shape index (κ1) is 19.4. The van der Waals surface area contributed by atoms with Crippen molar-refractivity contribution in [1.29, 1.82) is 0 Å². The Kier molecular flexibility index (Phi) is 4.83. The maximum absolute atomic E-state index is 12.9. The van der Waals surface area contributed by atoms with Gasteiger partial charge in [-0.1, -0.05) is 0 Å². The Morgan fingerprint density at radius 2 is 2.12 bits per heavy atom. The van der Waals surface area contributed by atoms with Gasteiger partial charge in [0.05, 0.1) is 23.3 Å². The maximum atomic E-state index is 12.9. The number of ether oxygens (including phenoxy) is 3. The summed E-state index contributed by atoms with van der Waals surface area (Å²) in [6, 6.07) is 3.75. The normalized spacial score (nSPS) is 19.4. The Hall–Kier alpha value is -3.33. The molecule has 2 fully saturated rings. The van der Waals surface area contributed by atoms with E-state index in [1.54, 1.807) is 6.20 Å². The Morgan fingerprint density at radius 1 is 1.19 bits per heavy atom. The molecule has 6 rings (SSSR count). The summed E-state index contributed by atoms with van der Waals surface area (Å²) in [4.78, 5) is 25.0. The second kappa shape index (κ2) is 7.98. The molecule has 0 bridgehead atoms. The monoisotopic (exact) mass is 435 g/mol. The van der Waals surface area contributed by atoms with E-state index in [-0.39, 0.29) is 12.7 Å². The maximum Gasteiger partial charge on any atom is 0.255 e. The first-order valence-electron chi connectivity index (χ1n) is 11.1. The molecule has 1 saturated carbocycles. The van der Waals surface area contributed by atoms with Gasteiger partial charge in [0.2, 0.25) is 6.79 Å². The summed E-state index contributed by atoms with van der Waals surface area (Å²) in [6.45, 7) is 3.40. The van der Waals surface area contributed by atoms with Crippen molar-refractivity contribution in [3.8, 4) is 28.5 Å². The Labute approximate surface area is 184 Å². The zero-order chi connectivity index (χ0) is 21.5. The zero-order valence-corrected chi connectivity index (χ0v) is 17.6. The average molecular weight is 435 g/mol. The number of benzene rings is 1. The third kappa shape index (κ3) is 3.52. The quantitative estimate of drug-likeness (QED) is 0.523. The molecular weight excluding hydrogens is 410 g/mol. The van der Waals surface area contributed by atoms with E-state index in [9.17, 15) is 4.79 Å². The second-order valence-electron chi connectivity index (χ2n) is 8.64. The van der Waals surface area contributed by atoms with Gasteiger partial charge in [0.1, 0.15) is 23.3 Å². The van der Waals surface area contributed by atoms with Crippen molar-refractivity contribution in [3.63, 3.8) is 0 Å². The van der Waals surface area contributed by atoms with Crippen LogP contribution in [0.25, 0.3) is 22.3 Å². The minimum atomic E-state index is -0.143. The van der Waals surface area contributed by atoms with Crippen LogP contribution < -0.4 is 24.8 Å². The van der Waals surface area contributed by atoms with Crippen molar-refractivity contribution >= 4 is 16.9 Å². The Balaban J connectivity index is 1.36. The molecule has 0 spiro atoms. The number of hydrogen-bond acceptors (Lipinski definition) is 7. The highest BCUT2D eigenvalue weighted by Gasteiger charge is 2.29. The number of carbonyl (C=O) groups is 1. The molecule has 2 aromatic heterocycles. The van der Waals surface area contributed by atoms with Gasteiger partial charge in [-0.2, -0.15) is 0 Å². The minimum Gasteiger partial charge on any atom is -0.492 e. The Morgan fingerprint density at radius 3 is 2.97 bits per heavy atom. The van der Waals surface area contributed by atoms with E-state index >= 15 is 0 Å². The van der Waals surface area contributed by atoms with Gasteiger partial charge in [0.15, 0.2) is 11.5 Å². The van der Waals surface area contributed by atoms with Gasteiger partial charge in [-0.05, 0) is 56.3 Å². The third-order valence-corrected chi connectivity index (χ3v) is 6.33. The number of H-pyrrole nitrogens is 1. The number of fused-ring (bicyclic) bond motifs is 2. The molecule has 1 amide bonds. The predicted octanol–water partition coefficient (Wildman–Crippen LogP) is 2.48. The molecule has 1 atom stereocenters. The number of carbonyl (C=O) groups excluding carboxylic acids is 1. The lowest BCUT2D eigenvalue weighted by atomic mass is 10.1. The number of rotatable bonds is 7. The highest BCUT2D eigenvalue weighted by Crippen LogP contribution is 2.48. The van der Waals surface area contributed by atoms with Gasteiger partial charge in [-0.25, -0.2) is 9.97 Å². The van der Waals surface area contributed by atoms with Crippen molar-refractivity contribution in [1.82, 2.24) is 25.6 Å². The fourth-order valence-electron chi connectivity index (χ4n) is 4.31. The molecule has 0 radical (unpaired) electrons. The molecule has 1 aromatic carbocycles. The molecule has 32 heavy (non-hydrogen) atoms. The van der Waals surface area contributed by atoms with Crippen molar-refractivity contribution in [2.75, 3.05) is 33.0 Å². The van der Waals surface area contributed by atoms with E-state index in [1.165, 1.54) is 19.2 Å². The molecule has 3 aliphatic rings. The second-order valence-corrected chi connectivity index (χ2v) is 8.64. The summed E-state index contributed by atoms with van der Waals surface area (Å²) in [5, 5.41) is 6.36. The van der Waals surface area contributed by atoms with E-state index in [2.05, 4.69) is 25.6 Å². The van der Waals surface area contributed by atoms with E-state index in [0.717, 1.165) is 25.1 Å². The number of nitrogens with one attached hydrogen (secondary N) is 3. The van der Waals surface area contributed by atoms with Crippen LogP contribution in [0.2, 0.25) is 0 Å². The lowest BCUT2D eigenvalue weighted by Gasteiger charge is -2.14. The first-order valence-corrected chi connectivity index (χ1v) is 11.1. The van der Waals surface area contributed by atoms with Crippen LogP contribution in [0.5, 0.6) is 17.2 Å². The molecule has 9 nitrogen and oxygen atoms in total. The Bertz CT molecular complexity index is 1170. The number of amides is 1. The van der Waals surface area contributed by atoms with Gasteiger partial charge in [0.25, 0.3) is 5.91 Å². The zero-order valence-electron chi connectivity index (χ0n) is 17.6. The number of hydrogen-bond donors (Lipinski definition) is 3. The van der Waals surface area contributed by atoms with E-state index in [1.807, 2.05) is 12.1 Å². The summed E-state index contributed by atoms with van der Waals surface area (Å²) < 4.78 is 17.5. The van der Waals surface area contributed by atoms with Crippen LogP contribution in [-0.2, 0) is 0 Å². The van der Waals surface area contributed by atoms with Crippen LogP contribution in [0.15, 0.2) is 24.7 Å². The summed E-state index contributed by atoms with van der Waals surface area (Å²) in [7, 11) is 0. The molecule has 3 N–H and O–H groups in total. The van der Waals surface area contributed by atoms with Gasteiger partial charge in [0, 0.05) is 12.7 Å². The van der Waals surface area contributed by atoms with Crippen LogP contribution in [0.4, 0.5) is 0 Å². The molecule has 9 heteroatoms. The summed E-state index contributed by atoms with van der Waals surface area (Å²) in [6.07, 6.45) is 6.64. The molecule has 3 aromatic rings. The molecule has 4 heterocycles. The highest BCUT2D eigenvalue weighted by atomic mass is 16.7. The first-order chi connectivity index (χ1) is 15.8. The van der Waals surface area contributed by atoms with Crippen LogP contribution in [-0.4, -0.2) is 53.9 Å². The fourth-order valence-corrected chi connectivity index (χ4v) is 4.31. The number of aromatic amines is 1. The van der Waals surface area contributed by atoms with E-state index in [4.69, 9.17) is 14.2 Å². The number of nitrogens with zero attached hydrogens (tertiary/aromatic N) is 2. The average Bonchev–Trinajstić information content (AvgIpc) is 3.22. The molecule has 1 saturated heterocycles. The van der Waals surface area contributed by atoms with Crippen LogP contribution in [0, 0.1) is 11.8 Å². The SMILES string of the molecule is O=C(NCC1CCNC1)c1c[nH]c2c(-c3c(OCC4CC4)ccc4c3OCO4)ncnc12. The van der Waals surface area contributed by atoms with E-state index < -0.39 is 0 Å². The smallest absolute Gasteiger partial charge is 0.255 e. The lowest BCUT2D eigenvalue weighted by Crippen LogP contribution is -2.30. The van der Waals surface area contributed by atoms with Gasteiger partial charge in [-0.3, -0.25) is 4.79 Å². The molecule has 1 unspecified atom stereocenters. The van der Waals surface area contributed by atoms with Crippen molar-refractivity contribution < 1.29 is 19.0 Å². The lowest BCUT2D eigenvalue weighted by molar-refractivity contribution is 0.0949.